The monoisotopic (exact) mass is 675 g/mol. The van der Waals surface area contributed by atoms with Crippen LogP contribution in [-0.2, 0) is 0 Å². The van der Waals surface area contributed by atoms with Crippen LogP contribution in [0.2, 0.25) is 0 Å². The van der Waals surface area contributed by atoms with E-state index in [1.165, 1.54) is 10.8 Å². The largest absolute Gasteiger partial charge is 0.456 e. The van der Waals surface area contributed by atoms with Gasteiger partial charge in [-0.05, 0) is 54.6 Å². The minimum Gasteiger partial charge on any atom is -0.456 e. The van der Waals surface area contributed by atoms with Gasteiger partial charge in [-0.3, -0.25) is 0 Å². The number of benzene rings is 7. The van der Waals surface area contributed by atoms with Crippen LogP contribution in [-0.4, -0.2) is 19.5 Å². The summed E-state index contributed by atoms with van der Waals surface area (Å²) in [4.78, 5) is 14.5. The van der Waals surface area contributed by atoms with Gasteiger partial charge >= 0.3 is 0 Å². The molecule has 51 heavy (non-hydrogen) atoms. The van der Waals surface area contributed by atoms with E-state index >= 15 is 0 Å². The number of rotatable bonds is 4. The summed E-state index contributed by atoms with van der Waals surface area (Å²) in [6.07, 6.45) is 0. The molecule has 11 rings (SSSR count). The third-order valence-corrected chi connectivity index (χ3v) is 10.7. The molecule has 0 spiro atoms. The zero-order valence-corrected chi connectivity index (χ0v) is 27.5. The highest BCUT2D eigenvalue weighted by molar-refractivity contribution is 7.25. The molecule has 11 aromatic rings. The third-order valence-electron chi connectivity index (χ3n) is 9.55. The second kappa shape index (κ2) is 10.9. The lowest BCUT2D eigenvalue weighted by atomic mass is 10.1. The van der Waals surface area contributed by atoms with Gasteiger partial charge in [0.15, 0.2) is 17.5 Å². The van der Waals surface area contributed by atoms with E-state index in [0.717, 1.165) is 53.2 Å². The Bertz CT molecular complexity index is 3380. The van der Waals surface area contributed by atoms with Crippen molar-refractivity contribution in [1.82, 2.24) is 19.5 Å². The second-order valence-corrected chi connectivity index (χ2v) is 13.6. The maximum atomic E-state index is 8.74. The quantitative estimate of drug-likeness (QED) is 0.186. The molecule has 0 amide bonds. The summed E-state index contributed by atoms with van der Waals surface area (Å²) in [5, 5.41) is 6.49. The summed E-state index contributed by atoms with van der Waals surface area (Å²) in [5.41, 5.74) is 6.14. The van der Waals surface area contributed by atoms with Crippen molar-refractivity contribution in [2.24, 2.45) is 0 Å². The predicted octanol–water partition coefficient (Wildman–Crippen LogP) is 12.2. The van der Waals surface area contributed by atoms with Crippen LogP contribution in [0, 0.1) is 0 Å². The van der Waals surface area contributed by atoms with Crippen molar-refractivity contribution in [3.63, 3.8) is 0 Å². The smallest absolute Gasteiger partial charge is 0.164 e. The van der Waals surface area contributed by atoms with Crippen molar-refractivity contribution in [1.29, 1.82) is 0 Å². The first-order valence-electron chi connectivity index (χ1n) is 19.0. The maximum absolute atomic E-state index is 8.74. The van der Waals surface area contributed by atoms with Gasteiger partial charge in [0.2, 0.25) is 0 Å². The Hall–Kier alpha value is -6.63. The van der Waals surface area contributed by atoms with Crippen LogP contribution >= 0.6 is 11.3 Å². The van der Waals surface area contributed by atoms with Crippen LogP contribution in [0.15, 0.2) is 162 Å². The highest BCUT2D eigenvalue weighted by Crippen LogP contribution is 2.40. The Morgan fingerprint density at radius 1 is 0.471 bits per heavy atom. The highest BCUT2D eigenvalue weighted by Gasteiger charge is 2.17. The van der Waals surface area contributed by atoms with Gasteiger partial charge in [0.05, 0.1) is 17.9 Å². The van der Waals surface area contributed by atoms with Crippen molar-refractivity contribution in [2.75, 3.05) is 0 Å². The van der Waals surface area contributed by atoms with E-state index in [1.807, 2.05) is 48.5 Å². The van der Waals surface area contributed by atoms with E-state index in [-0.39, 0.29) is 23.5 Å². The van der Waals surface area contributed by atoms with Gasteiger partial charge in [0.1, 0.15) is 11.2 Å². The maximum Gasteiger partial charge on any atom is 0.164 e. The first-order valence-corrected chi connectivity index (χ1v) is 17.3. The van der Waals surface area contributed by atoms with Crippen LogP contribution in [0.3, 0.4) is 0 Å². The minimum atomic E-state index is -0.480. The Balaban J connectivity index is 1.09. The van der Waals surface area contributed by atoms with Gasteiger partial charge in [-0.25, -0.2) is 15.0 Å². The molecule has 7 aromatic carbocycles. The fourth-order valence-electron chi connectivity index (χ4n) is 7.22. The molecule has 238 valence electrons. The number of furan rings is 1. The Morgan fingerprint density at radius 3 is 1.78 bits per heavy atom. The highest BCUT2D eigenvalue weighted by atomic mass is 32.1. The molecule has 0 radical (unpaired) electrons. The number of hydrogen-bond acceptors (Lipinski definition) is 5. The lowest BCUT2D eigenvalue weighted by Crippen LogP contribution is -2.00. The van der Waals surface area contributed by atoms with E-state index in [2.05, 4.69) is 83.4 Å². The molecule has 4 aromatic heterocycles. The van der Waals surface area contributed by atoms with E-state index in [0.29, 0.717) is 28.4 Å². The Morgan fingerprint density at radius 2 is 1.04 bits per heavy atom. The number of nitrogens with zero attached hydrogens (tertiary/aromatic N) is 4. The van der Waals surface area contributed by atoms with Gasteiger partial charge in [-0.1, -0.05) is 103 Å². The molecule has 0 saturated carbocycles. The van der Waals surface area contributed by atoms with Crippen molar-refractivity contribution in [3.8, 4) is 39.9 Å². The summed E-state index contributed by atoms with van der Waals surface area (Å²) in [5.74, 6) is 0.613. The van der Waals surface area contributed by atoms with E-state index in [4.69, 9.17) is 26.2 Å². The molecular formula is C45H26N4OS. The standard InChI is InChI=1S/C45H26N4OS/c1-2-10-27(11-3-1)43-46-44(28-19-23-40-36(24-28)33-14-6-9-17-39(33)50-40)48-45(47-43)29-18-21-34-35-22-20-30(26-42(35)51-41(34)25-29)49-37-15-7-4-12-31(37)32-13-5-8-16-38(32)49/h1-26H/i1D,2D,3D,10D,11D. The SMILES string of the molecule is [2H]c1c([2H])c([2H])c(-c2nc(-c3ccc4c(c3)sc3cc(-n5c6ccccc6c6ccccc65)ccc34)nc(-c3ccc4oc5ccccc5c4c3)n2)c([2H])c1[2H]. The number of hydrogen-bond donors (Lipinski definition) is 0. The zero-order valence-electron chi connectivity index (χ0n) is 31.7. The van der Waals surface area contributed by atoms with Crippen molar-refractivity contribution in [3.05, 3.63) is 158 Å². The van der Waals surface area contributed by atoms with Crippen LogP contribution in [0.4, 0.5) is 0 Å². The van der Waals surface area contributed by atoms with Crippen LogP contribution in [0.25, 0.3) is 104 Å². The lowest BCUT2D eigenvalue weighted by Gasteiger charge is -2.09. The number of para-hydroxylation sites is 3. The Kier molecular flexibility index (Phi) is 5.08. The van der Waals surface area contributed by atoms with Crippen LogP contribution in [0.1, 0.15) is 6.85 Å². The topological polar surface area (TPSA) is 56.7 Å². The van der Waals surface area contributed by atoms with Gasteiger partial charge < -0.3 is 8.98 Å². The summed E-state index contributed by atoms with van der Waals surface area (Å²) in [6.45, 7) is 0. The molecule has 0 fully saturated rings. The van der Waals surface area contributed by atoms with Crippen LogP contribution < -0.4 is 0 Å². The fourth-order valence-corrected chi connectivity index (χ4v) is 8.40. The third kappa shape index (κ3) is 4.43. The molecule has 0 aliphatic heterocycles. The van der Waals surface area contributed by atoms with Gasteiger partial charge in [0, 0.05) is 64.1 Å². The summed E-state index contributed by atoms with van der Waals surface area (Å²) in [6, 6.07) is 41.0. The first kappa shape index (κ1) is 23.7. The van der Waals surface area contributed by atoms with E-state index in [1.54, 1.807) is 11.3 Å². The minimum absolute atomic E-state index is 0.00796. The van der Waals surface area contributed by atoms with Gasteiger partial charge in [-0.15, -0.1) is 11.3 Å². The first-order chi connectivity index (χ1) is 27.3. The number of aromatic nitrogens is 4. The number of thiophene rings is 1. The molecule has 0 atom stereocenters. The van der Waals surface area contributed by atoms with Crippen molar-refractivity contribution < 1.29 is 11.3 Å². The molecular weight excluding hydrogens is 645 g/mol. The van der Waals surface area contributed by atoms with Crippen molar-refractivity contribution in [2.45, 2.75) is 0 Å². The van der Waals surface area contributed by atoms with Gasteiger partial charge in [0.25, 0.3) is 0 Å². The summed E-state index contributed by atoms with van der Waals surface area (Å²) in [7, 11) is 0. The Labute approximate surface area is 302 Å². The van der Waals surface area contributed by atoms with E-state index < -0.39 is 18.1 Å². The van der Waals surface area contributed by atoms with Crippen molar-refractivity contribution >= 4 is 75.3 Å². The lowest BCUT2D eigenvalue weighted by molar-refractivity contribution is 0.669. The average Bonchev–Trinajstić information content (AvgIpc) is 3.90. The molecule has 4 heterocycles. The van der Waals surface area contributed by atoms with Crippen LogP contribution in [0.5, 0.6) is 0 Å². The molecule has 0 aliphatic carbocycles. The summed E-state index contributed by atoms with van der Waals surface area (Å²) >= 11 is 1.68. The molecule has 0 bridgehead atoms. The molecule has 6 heteroatoms. The molecule has 0 saturated heterocycles. The predicted molar refractivity (Wildman–Crippen MR) is 211 cm³/mol. The zero-order chi connectivity index (χ0) is 37.8. The average molecular weight is 676 g/mol. The van der Waals surface area contributed by atoms with E-state index in [9.17, 15) is 0 Å². The molecule has 0 aliphatic rings. The fraction of sp³-hybridized carbons (Fsp3) is 0. The second-order valence-electron chi connectivity index (χ2n) is 12.5. The molecule has 0 unspecified atom stereocenters. The van der Waals surface area contributed by atoms with Gasteiger partial charge in [-0.2, -0.15) is 0 Å². The summed E-state index contributed by atoms with van der Waals surface area (Å²) < 4.78 is 52.9. The molecule has 0 N–H and O–H groups in total. The number of fused-ring (bicyclic) bond motifs is 9. The molecule has 5 nitrogen and oxygen atoms in total. The normalized spacial score (nSPS) is 13.3.